The van der Waals surface area contributed by atoms with Gasteiger partial charge in [-0.15, -0.1) is 0 Å². The lowest BCUT2D eigenvalue weighted by atomic mass is 10.1. The Morgan fingerprint density at radius 1 is 1.37 bits per heavy atom. The summed E-state index contributed by atoms with van der Waals surface area (Å²) in [4.78, 5) is 16.3. The van der Waals surface area contributed by atoms with Crippen molar-refractivity contribution in [3.63, 3.8) is 0 Å². The molecule has 1 amide bonds. The van der Waals surface area contributed by atoms with Gasteiger partial charge in [0.05, 0.1) is 6.04 Å². The number of hydrogen-bond donors (Lipinski definition) is 1. The second-order valence-corrected chi connectivity index (χ2v) is 5.36. The number of carbonyl (C=O) groups is 1. The summed E-state index contributed by atoms with van der Waals surface area (Å²) in [6.07, 6.45) is 3.48. The minimum atomic E-state index is -0.0739. The molecule has 2 rings (SSSR count). The predicted octanol–water partition coefficient (Wildman–Crippen LogP) is 3.64. The molecule has 1 aromatic carbocycles. The predicted molar refractivity (Wildman–Crippen MR) is 79.0 cm³/mol. The fraction of sp³-hybridized carbons (Fsp3) is 0.200. The summed E-state index contributed by atoms with van der Waals surface area (Å²) in [5.74, 6) is -0.0739. The first-order chi connectivity index (χ1) is 9.08. The SMILES string of the molecule is Cc1ccc(Br)cc1C(=O)NC(C)c1cccnc1. The molecule has 2 aromatic rings. The number of amides is 1. The monoisotopic (exact) mass is 318 g/mol. The first kappa shape index (κ1) is 13.7. The highest BCUT2D eigenvalue weighted by molar-refractivity contribution is 9.10. The van der Waals surface area contributed by atoms with Gasteiger partial charge in [-0.25, -0.2) is 0 Å². The minimum Gasteiger partial charge on any atom is -0.345 e. The normalized spacial score (nSPS) is 11.9. The van der Waals surface area contributed by atoms with Crippen molar-refractivity contribution in [3.05, 3.63) is 63.9 Å². The number of pyridine rings is 1. The van der Waals surface area contributed by atoms with Gasteiger partial charge in [0.2, 0.25) is 0 Å². The number of nitrogens with one attached hydrogen (secondary N) is 1. The number of hydrogen-bond acceptors (Lipinski definition) is 2. The Labute approximate surface area is 121 Å². The molecule has 0 radical (unpaired) electrons. The molecule has 0 saturated carbocycles. The largest absolute Gasteiger partial charge is 0.345 e. The Bertz CT molecular complexity index is 584. The fourth-order valence-electron chi connectivity index (χ4n) is 1.83. The highest BCUT2D eigenvalue weighted by atomic mass is 79.9. The van der Waals surface area contributed by atoms with Crippen LogP contribution in [0.15, 0.2) is 47.2 Å². The van der Waals surface area contributed by atoms with Crippen molar-refractivity contribution < 1.29 is 4.79 Å². The molecule has 0 aliphatic heterocycles. The van der Waals surface area contributed by atoms with Crippen molar-refractivity contribution >= 4 is 21.8 Å². The Morgan fingerprint density at radius 2 is 2.16 bits per heavy atom. The average Bonchev–Trinajstić information content (AvgIpc) is 2.42. The van der Waals surface area contributed by atoms with E-state index >= 15 is 0 Å². The Balaban J connectivity index is 2.15. The molecule has 1 heterocycles. The van der Waals surface area contributed by atoms with E-state index < -0.39 is 0 Å². The second kappa shape index (κ2) is 5.97. The van der Waals surface area contributed by atoms with Crippen molar-refractivity contribution in [2.24, 2.45) is 0 Å². The van der Waals surface area contributed by atoms with E-state index in [4.69, 9.17) is 0 Å². The third kappa shape index (κ3) is 3.41. The first-order valence-electron chi connectivity index (χ1n) is 6.05. The highest BCUT2D eigenvalue weighted by Crippen LogP contribution is 2.17. The number of aromatic nitrogens is 1. The van der Waals surface area contributed by atoms with Crippen LogP contribution in [0, 0.1) is 6.92 Å². The van der Waals surface area contributed by atoms with E-state index in [1.807, 2.05) is 44.2 Å². The maximum Gasteiger partial charge on any atom is 0.252 e. The van der Waals surface area contributed by atoms with Crippen LogP contribution in [0.5, 0.6) is 0 Å². The molecule has 0 aliphatic rings. The number of rotatable bonds is 3. The van der Waals surface area contributed by atoms with E-state index in [9.17, 15) is 4.79 Å². The van der Waals surface area contributed by atoms with Gasteiger partial charge in [0, 0.05) is 22.4 Å². The van der Waals surface area contributed by atoms with Crippen LogP contribution in [0.3, 0.4) is 0 Å². The molecule has 0 fully saturated rings. The minimum absolute atomic E-state index is 0.0698. The lowest BCUT2D eigenvalue weighted by Crippen LogP contribution is -2.27. The number of aryl methyl sites for hydroxylation is 1. The summed E-state index contributed by atoms with van der Waals surface area (Å²) in [6.45, 7) is 3.87. The molecule has 0 aliphatic carbocycles. The van der Waals surface area contributed by atoms with Gasteiger partial charge in [-0.3, -0.25) is 9.78 Å². The maximum atomic E-state index is 12.2. The van der Waals surface area contributed by atoms with E-state index in [1.165, 1.54) is 0 Å². The molecule has 0 bridgehead atoms. The molecular weight excluding hydrogens is 304 g/mol. The van der Waals surface area contributed by atoms with Gasteiger partial charge < -0.3 is 5.32 Å². The van der Waals surface area contributed by atoms with Crippen molar-refractivity contribution in [1.29, 1.82) is 0 Å². The van der Waals surface area contributed by atoms with E-state index in [1.54, 1.807) is 12.4 Å². The zero-order valence-corrected chi connectivity index (χ0v) is 12.4. The number of halogens is 1. The summed E-state index contributed by atoms with van der Waals surface area (Å²) >= 11 is 3.39. The lowest BCUT2D eigenvalue weighted by Gasteiger charge is -2.15. The molecule has 3 nitrogen and oxygen atoms in total. The van der Waals surface area contributed by atoms with Gasteiger partial charge in [0.25, 0.3) is 5.91 Å². The van der Waals surface area contributed by atoms with Crippen molar-refractivity contribution in [2.75, 3.05) is 0 Å². The Morgan fingerprint density at radius 3 is 2.84 bits per heavy atom. The highest BCUT2D eigenvalue weighted by Gasteiger charge is 2.13. The lowest BCUT2D eigenvalue weighted by molar-refractivity contribution is 0.0939. The summed E-state index contributed by atoms with van der Waals surface area (Å²) in [5, 5.41) is 2.98. The van der Waals surface area contributed by atoms with E-state index in [0.29, 0.717) is 5.56 Å². The van der Waals surface area contributed by atoms with Crippen LogP contribution in [0.2, 0.25) is 0 Å². The topological polar surface area (TPSA) is 42.0 Å². The summed E-state index contributed by atoms with van der Waals surface area (Å²) < 4.78 is 0.900. The molecule has 0 saturated heterocycles. The van der Waals surface area contributed by atoms with E-state index in [2.05, 4.69) is 26.2 Å². The van der Waals surface area contributed by atoms with Crippen LogP contribution in [0.1, 0.15) is 34.5 Å². The van der Waals surface area contributed by atoms with Gasteiger partial charge in [-0.1, -0.05) is 28.1 Å². The third-order valence-electron chi connectivity index (χ3n) is 2.98. The van der Waals surface area contributed by atoms with Crippen LogP contribution in [0.4, 0.5) is 0 Å². The van der Waals surface area contributed by atoms with Gasteiger partial charge in [-0.2, -0.15) is 0 Å². The Kier molecular flexibility index (Phi) is 4.32. The van der Waals surface area contributed by atoms with Crippen molar-refractivity contribution in [2.45, 2.75) is 19.9 Å². The van der Waals surface area contributed by atoms with Crippen molar-refractivity contribution in [3.8, 4) is 0 Å². The summed E-state index contributed by atoms with van der Waals surface area (Å²) in [5.41, 5.74) is 2.63. The molecular formula is C15H15BrN2O. The Hall–Kier alpha value is -1.68. The van der Waals surface area contributed by atoms with Crippen LogP contribution >= 0.6 is 15.9 Å². The van der Waals surface area contributed by atoms with Gasteiger partial charge in [-0.05, 0) is 43.2 Å². The maximum absolute atomic E-state index is 12.2. The zero-order valence-electron chi connectivity index (χ0n) is 10.9. The van der Waals surface area contributed by atoms with Crippen LogP contribution in [-0.2, 0) is 0 Å². The number of nitrogens with zero attached hydrogens (tertiary/aromatic N) is 1. The van der Waals surface area contributed by atoms with Crippen LogP contribution in [-0.4, -0.2) is 10.9 Å². The molecule has 4 heteroatoms. The summed E-state index contributed by atoms with van der Waals surface area (Å²) in [6, 6.07) is 9.43. The summed E-state index contributed by atoms with van der Waals surface area (Å²) in [7, 11) is 0. The smallest absolute Gasteiger partial charge is 0.252 e. The van der Waals surface area contributed by atoms with Gasteiger partial charge in [0.1, 0.15) is 0 Å². The zero-order chi connectivity index (χ0) is 13.8. The quantitative estimate of drug-likeness (QED) is 0.938. The molecule has 1 unspecified atom stereocenters. The van der Waals surface area contributed by atoms with Crippen LogP contribution < -0.4 is 5.32 Å². The van der Waals surface area contributed by atoms with E-state index in [-0.39, 0.29) is 11.9 Å². The molecule has 0 spiro atoms. The third-order valence-corrected chi connectivity index (χ3v) is 3.47. The van der Waals surface area contributed by atoms with Crippen LogP contribution in [0.25, 0.3) is 0 Å². The first-order valence-corrected chi connectivity index (χ1v) is 6.84. The number of carbonyl (C=O) groups excluding carboxylic acids is 1. The fourth-order valence-corrected chi connectivity index (χ4v) is 2.19. The average molecular weight is 319 g/mol. The molecule has 1 atom stereocenters. The molecule has 1 aromatic heterocycles. The second-order valence-electron chi connectivity index (χ2n) is 4.44. The standard InChI is InChI=1S/C15H15BrN2O/c1-10-5-6-13(16)8-14(10)15(19)18-11(2)12-4-3-7-17-9-12/h3-9,11H,1-2H3,(H,18,19). The van der Waals surface area contributed by atoms with E-state index in [0.717, 1.165) is 15.6 Å². The molecule has 98 valence electrons. The van der Waals surface area contributed by atoms with Crippen molar-refractivity contribution in [1.82, 2.24) is 10.3 Å². The molecule has 1 N–H and O–H groups in total. The molecule has 19 heavy (non-hydrogen) atoms. The van der Waals surface area contributed by atoms with Gasteiger partial charge in [0.15, 0.2) is 0 Å². The number of benzene rings is 1. The van der Waals surface area contributed by atoms with Gasteiger partial charge >= 0.3 is 0 Å².